The maximum absolute atomic E-state index is 3.66. The Bertz CT molecular complexity index is 88.4. The summed E-state index contributed by atoms with van der Waals surface area (Å²) in [6, 6.07) is 1.57. The Hall–Kier alpha value is -0.300. The number of hydrogen-bond donors (Lipinski definition) is 1. The molecule has 1 N–H and O–H groups in total. The van der Waals surface area contributed by atoms with E-state index in [-0.39, 0.29) is 0 Å². The second-order valence-electron chi connectivity index (χ2n) is 2.43. The number of nitrogens with one attached hydrogen (secondary N) is 1. The average molecular weight is 111 g/mol. The van der Waals surface area contributed by atoms with Gasteiger partial charge in [0.15, 0.2) is 0 Å². The van der Waals surface area contributed by atoms with Gasteiger partial charge in [-0.15, -0.1) is 6.58 Å². The summed E-state index contributed by atoms with van der Waals surface area (Å²) in [6.07, 6.45) is 4.40. The molecule has 1 aliphatic heterocycles. The van der Waals surface area contributed by atoms with Crippen molar-refractivity contribution in [1.82, 2.24) is 5.32 Å². The van der Waals surface area contributed by atoms with Crippen LogP contribution < -0.4 is 5.32 Å². The van der Waals surface area contributed by atoms with Crippen molar-refractivity contribution in [3.63, 3.8) is 0 Å². The molecule has 0 amide bonds. The predicted octanol–water partition coefficient (Wildman–Crippen LogP) is 1.31. The molecule has 1 heteroatoms. The van der Waals surface area contributed by atoms with Gasteiger partial charge in [-0.2, -0.15) is 0 Å². The molecule has 0 spiro atoms. The van der Waals surface area contributed by atoms with Gasteiger partial charge < -0.3 is 5.32 Å². The van der Waals surface area contributed by atoms with Gasteiger partial charge in [-0.05, 0) is 19.8 Å². The third-order valence-corrected chi connectivity index (χ3v) is 1.65. The van der Waals surface area contributed by atoms with Crippen molar-refractivity contribution in [3.8, 4) is 0 Å². The smallest absolute Gasteiger partial charge is 0.0224 e. The van der Waals surface area contributed by atoms with Crippen LogP contribution in [0.5, 0.6) is 0 Å². The van der Waals surface area contributed by atoms with Crippen molar-refractivity contribution in [2.45, 2.75) is 31.8 Å². The molecular weight excluding hydrogens is 98.1 g/mol. The molecule has 0 bridgehead atoms. The normalized spacial score (nSPS) is 34.6. The van der Waals surface area contributed by atoms with E-state index in [0.29, 0.717) is 0 Å². The lowest BCUT2D eigenvalue weighted by Gasteiger charge is -1.86. The quantitative estimate of drug-likeness (QED) is 0.430. The molecule has 0 aromatic heterocycles. The standard InChI is InChI=1S/C7H13N/c1-3-4-5-7-6(2)8-7/h3,6-8H,1,4-5H2,2H3/t6-,7+/m1/s1. The fourth-order valence-electron chi connectivity index (χ4n) is 0.913. The van der Waals surface area contributed by atoms with E-state index in [0.717, 1.165) is 18.5 Å². The molecule has 1 aliphatic rings. The molecule has 0 saturated carbocycles. The third kappa shape index (κ3) is 1.34. The third-order valence-electron chi connectivity index (χ3n) is 1.65. The minimum atomic E-state index is 0.773. The minimum Gasteiger partial charge on any atom is -0.308 e. The first-order valence-corrected chi connectivity index (χ1v) is 3.21. The van der Waals surface area contributed by atoms with E-state index in [2.05, 4.69) is 18.8 Å². The van der Waals surface area contributed by atoms with Crippen LogP contribution in [0.2, 0.25) is 0 Å². The fraction of sp³-hybridized carbons (Fsp3) is 0.714. The van der Waals surface area contributed by atoms with Gasteiger partial charge in [0.2, 0.25) is 0 Å². The number of rotatable bonds is 3. The molecule has 2 atom stereocenters. The zero-order valence-electron chi connectivity index (χ0n) is 5.35. The van der Waals surface area contributed by atoms with E-state index in [1.54, 1.807) is 0 Å². The van der Waals surface area contributed by atoms with Crippen LogP contribution in [0, 0.1) is 0 Å². The largest absolute Gasteiger partial charge is 0.308 e. The number of hydrogen-bond acceptors (Lipinski definition) is 1. The van der Waals surface area contributed by atoms with Crippen LogP contribution in [-0.2, 0) is 0 Å². The first-order chi connectivity index (χ1) is 3.84. The molecule has 1 rings (SSSR count). The van der Waals surface area contributed by atoms with Crippen molar-refractivity contribution in [2.75, 3.05) is 0 Å². The lowest BCUT2D eigenvalue weighted by atomic mass is 10.2. The molecule has 0 radical (unpaired) electrons. The van der Waals surface area contributed by atoms with Crippen molar-refractivity contribution in [3.05, 3.63) is 12.7 Å². The van der Waals surface area contributed by atoms with Gasteiger partial charge in [0.1, 0.15) is 0 Å². The second kappa shape index (κ2) is 2.31. The Morgan fingerprint density at radius 1 is 1.75 bits per heavy atom. The molecule has 1 fully saturated rings. The van der Waals surface area contributed by atoms with Crippen LogP contribution in [0.25, 0.3) is 0 Å². The van der Waals surface area contributed by atoms with Crippen LogP contribution in [0.1, 0.15) is 19.8 Å². The van der Waals surface area contributed by atoms with Crippen LogP contribution in [0.4, 0.5) is 0 Å². The summed E-state index contributed by atoms with van der Waals surface area (Å²) in [5, 5.41) is 3.32. The highest BCUT2D eigenvalue weighted by molar-refractivity contribution is 4.94. The maximum atomic E-state index is 3.66. The van der Waals surface area contributed by atoms with Gasteiger partial charge in [0, 0.05) is 12.1 Å². The Morgan fingerprint density at radius 3 is 2.75 bits per heavy atom. The molecule has 8 heavy (non-hydrogen) atoms. The first-order valence-electron chi connectivity index (χ1n) is 3.21. The van der Waals surface area contributed by atoms with Crippen molar-refractivity contribution in [2.24, 2.45) is 0 Å². The highest BCUT2D eigenvalue weighted by Crippen LogP contribution is 2.14. The Labute approximate surface area is 50.8 Å². The topological polar surface area (TPSA) is 21.9 Å². The number of allylic oxidation sites excluding steroid dienone is 1. The molecule has 0 aliphatic carbocycles. The molecule has 1 saturated heterocycles. The van der Waals surface area contributed by atoms with E-state index < -0.39 is 0 Å². The van der Waals surface area contributed by atoms with Crippen LogP contribution in [-0.4, -0.2) is 12.1 Å². The van der Waals surface area contributed by atoms with Crippen LogP contribution in [0.3, 0.4) is 0 Å². The summed E-state index contributed by atoms with van der Waals surface area (Å²) < 4.78 is 0. The van der Waals surface area contributed by atoms with Crippen molar-refractivity contribution in [1.29, 1.82) is 0 Å². The molecular formula is C7H13N. The van der Waals surface area contributed by atoms with Crippen molar-refractivity contribution < 1.29 is 0 Å². The van der Waals surface area contributed by atoms with E-state index in [1.807, 2.05) is 6.08 Å². The first kappa shape index (κ1) is 5.83. The molecule has 1 nitrogen and oxygen atoms in total. The molecule has 0 aromatic carbocycles. The van der Waals surface area contributed by atoms with E-state index in [4.69, 9.17) is 0 Å². The Balaban J connectivity index is 1.97. The van der Waals surface area contributed by atoms with Gasteiger partial charge in [0.05, 0.1) is 0 Å². The molecule has 1 heterocycles. The lowest BCUT2D eigenvalue weighted by molar-refractivity contribution is 0.806. The van der Waals surface area contributed by atoms with Crippen molar-refractivity contribution >= 4 is 0 Å². The van der Waals surface area contributed by atoms with E-state index in [1.165, 1.54) is 6.42 Å². The van der Waals surface area contributed by atoms with Gasteiger partial charge in [-0.3, -0.25) is 0 Å². The van der Waals surface area contributed by atoms with Gasteiger partial charge in [-0.1, -0.05) is 6.08 Å². The molecule has 46 valence electrons. The summed E-state index contributed by atoms with van der Waals surface area (Å²) in [5.41, 5.74) is 0. The summed E-state index contributed by atoms with van der Waals surface area (Å²) in [6.45, 7) is 5.87. The van der Waals surface area contributed by atoms with E-state index >= 15 is 0 Å². The highest BCUT2D eigenvalue weighted by Gasteiger charge is 2.29. The summed E-state index contributed by atoms with van der Waals surface area (Å²) in [4.78, 5) is 0. The monoisotopic (exact) mass is 111 g/mol. The molecule has 0 aromatic rings. The predicted molar refractivity (Wildman–Crippen MR) is 35.8 cm³/mol. The Kier molecular flexibility index (Phi) is 1.69. The zero-order chi connectivity index (χ0) is 5.98. The second-order valence-corrected chi connectivity index (χ2v) is 2.43. The minimum absolute atomic E-state index is 0.773. The van der Waals surface area contributed by atoms with Gasteiger partial charge >= 0.3 is 0 Å². The lowest BCUT2D eigenvalue weighted by Crippen LogP contribution is -1.87. The summed E-state index contributed by atoms with van der Waals surface area (Å²) >= 11 is 0. The van der Waals surface area contributed by atoms with Crippen LogP contribution in [0.15, 0.2) is 12.7 Å². The highest BCUT2D eigenvalue weighted by atomic mass is 15.1. The van der Waals surface area contributed by atoms with Crippen LogP contribution >= 0.6 is 0 Å². The Morgan fingerprint density at radius 2 is 2.38 bits per heavy atom. The SMILES string of the molecule is C=CCC[C@@H]1N[C@@H]1C. The zero-order valence-corrected chi connectivity index (χ0v) is 5.35. The van der Waals surface area contributed by atoms with E-state index in [9.17, 15) is 0 Å². The maximum Gasteiger partial charge on any atom is 0.0224 e. The fourth-order valence-corrected chi connectivity index (χ4v) is 0.913. The average Bonchev–Trinajstić information content (AvgIpc) is 2.42. The summed E-state index contributed by atoms with van der Waals surface area (Å²) in [5.74, 6) is 0. The van der Waals surface area contributed by atoms with Gasteiger partial charge in [0.25, 0.3) is 0 Å². The summed E-state index contributed by atoms with van der Waals surface area (Å²) in [7, 11) is 0. The van der Waals surface area contributed by atoms with Gasteiger partial charge in [-0.25, -0.2) is 0 Å². The molecule has 0 unspecified atom stereocenters.